The van der Waals surface area contributed by atoms with Crippen molar-refractivity contribution in [3.8, 4) is 0 Å². The second-order valence-electron chi connectivity index (χ2n) is 6.24. The Bertz CT molecular complexity index is 228. The molecule has 2 nitrogen and oxygen atoms in total. The molecule has 0 aliphatic carbocycles. The largest absolute Gasteiger partial charge is 0.291 e. The van der Waals surface area contributed by atoms with Crippen molar-refractivity contribution in [1.82, 2.24) is 9.80 Å². The number of hydrogen-bond acceptors (Lipinski definition) is 2. The monoisotopic (exact) mass is 296 g/mol. The summed E-state index contributed by atoms with van der Waals surface area (Å²) in [5.74, 6) is 0. The fraction of sp³-hybridized carbons (Fsp3) is 0.895. The molecule has 0 saturated carbocycles. The van der Waals surface area contributed by atoms with Crippen molar-refractivity contribution in [2.45, 2.75) is 84.7 Å². The minimum absolute atomic E-state index is 0.547. The average molecular weight is 297 g/mol. The van der Waals surface area contributed by atoms with Crippen LogP contribution in [0.2, 0.25) is 0 Å². The van der Waals surface area contributed by atoms with Crippen LogP contribution in [-0.4, -0.2) is 43.2 Å². The first kappa shape index (κ1) is 20.7. The van der Waals surface area contributed by atoms with Gasteiger partial charge in [0, 0.05) is 0 Å². The highest BCUT2D eigenvalue weighted by atomic mass is 15.3. The molecule has 0 saturated heterocycles. The maximum Gasteiger partial charge on any atom is 0.0652 e. The number of unbranched alkanes of at least 4 members (excludes halogenated alkanes) is 7. The lowest BCUT2D eigenvalue weighted by molar-refractivity contribution is 0.0940. The summed E-state index contributed by atoms with van der Waals surface area (Å²) in [4.78, 5) is 4.86. The quantitative estimate of drug-likeness (QED) is 0.244. The van der Waals surface area contributed by atoms with Crippen LogP contribution >= 0.6 is 0 Å². The van der Waals surface area contributed by atoms with E-state index in [0.29, 0.717) is 6.17 Å². The fourth-order valence-corrected chi connectivity index (χ4v) is 2.67. The molecule has 0 aliphatic heterocycles. The van der Waals surface area contributed by atoms with Crippen molar-refractivity contribution in [2.24, 2.45) is 0 Å². The lowest BCUT2D eigenvalue weighted by atomic mass is 10.1. The van der Waals surface area contributed by atoms with Crippen molar-refractivity contribution in [1.29, 1.82) is 0 Å². The van der Waals surface area contributed by atoms with Crippen molar-refractivity contribution in [3.05, 3.63) is 12.2 Å². The van der Waals surface area contributed by atoms with Crippen LogP contribution in [0.3, 0.4) is 0 Å². The Labute approximate surface area is 134 Å². The highest BCUT2D eigenvalue weighted by molar-refractivity contribution is 4.86. The van der Waals surface area contributed by atoms with Crippen molar-refractivity contribution >= 4 is 0 Å². The summed E-state index contributed by atoms with van der Waals surface area (Å²) >= 11 is 0. The van der Waals surface area contributed by atoms with Crippen LogP contribution < -0.4 is 0 Å². The maximum absolute atomic E-state index is 2.43. The molecular formula is C19H40N2. The highest BCUT2D eigenvalue weighted by Crippen LogP contribution is 2.10. The van der Waals surface area contributed by atoms with Crippen LogP contribution in [0.15, 0.2) is 12.2 Å². The summed E-state index contributed by atoms with van der Waals surface area (Å²) in [6, 6.07) is 0. The van der Waals surface area contributed by atoms with Gasteiger partial charge in [-0.1, -0.05) is 71.4 Å². The van der Waals surface area contributed by atoms with Gasteiger partial charge in [0.05, 0.1) is 6.17 Å². The molecule has 0 aromatic carbocycles. The Balaban J connectivity index is 3.71. The zero-order valence-corrected chi connectivity index (χ0v) is 15.4. The Hall–Kier alpha value is -0.340. The van der Waals surface area contributed by atoms with Crippen molar-refractivity contribution in [3.63, 3.8) is 0 Å². The molecule has 0 aromatic heterocycles. The predicted molar refractivity (Wildman–Crippen MR) is 96.8 cm³/mol. The van der Waals surface area contributed by atoms with Gasteiger partial charge in [-0.05, 0) is 46.4 Å². The molecule has 0 amide bonds. The van der Waals surface area contributed by atoms with E-state index in [0.717, 1.165) is 19.5 Å². The van der Waals surface area contributed by atoms with E-state index < -0.39 is 0 Å². The Kier molecular flexibility index (Phi) is 14.4. The minimum Gasteiger partial charge on any atom is -0.291 e. The van der Waals surface area contributed by atoms with E-state index in [9.17, 15) is 0 Å². The van der Waals surface area contributed by atoms with Crippen LogP contribution in [0.4, 0.5) is 0 Å². The third kappa shape index (κ3) is 11.0. The summed E-state index contributed by atoms with van der Waals surface area (Å²) in [7, 11) is 4.45. The molecule has 21 heavy (non-hydrogen) atoms. The normalized spacial score (nSPS) is 12.4. The lowest BCUT2D eigenvalue weighted by Crippen LogP contribution is -2.44. The molecule has 2 heteroatoms. The van der Waals surface area contributed by atoms with Crippen LogP contribution in [0, 0.1) is 0 Å². The molecule has 0 unspecified atom stereocenters. The minimum atomic E-state index is 0.547. The molecular weight excluding hydrogens is 256 g/mol. The van der Waals surface area contributed by atoms with Crippen molar-refractivity contribution < 1.29 is 0 Å². The number of nitrogens with zero attached hydrogens (tertiary/aromatic N) is 2. The smallest absolute Gasteiger partial charge is 0.0652 e. The summed E-state index contributed by atoms with van der Waals surface area (Å²) in [6.07, 6.45) is 17.5. The Morgan fingerprint density at radius 1 is 0.714 bits per heavy atom. The molecule has 0 aromatic rings. The first-order valence-corrected chi connectivity index (χ1v) is 9.22. The fourth-order valence-electron chi connectivity index (χ4n) is 2.67. The second kappa shape index (κ2) is 14.6. The predicted octanol–water partition coefficient (Wildman–Crippen LogP) is 5.30. The Morgan fingerprint density at radius 3 is 1.76 bits per heavy atom. The lowest BCUT2D eigenvalue weighted by Gasteiger charge is -2.33. The van der Waals surface area contributed by atoms with Gasteiger partial charge in [-0.15, -0.1) is 0 Å². The van der Waals surface area contributed by atoms with E-state index in [1.807, 2.05) is 0 Å². The topological polar surface area (TPSA) is 6.48 Å². The van der Waals surface area contributed by atoms with E-state index >= 15 is 0 Å². The third-order valence-electron chi connectivity index (χ3n) is 4.50. The molecule has 0 N–H and O–H groups in total. The van der Waals surface area contributed by atoms with Gasteiger partial charge in [0.2, 0.25) is 0 Å². The van der Waals surface area contributed by atoms with E-state index in [1.54, 1.807) is 0 Å². The Morgan fingerprint density at radius 2 is 1.24 bits per heavy atom. The van der Waals surface area contributed by atoms with E-state index in [1.165, 1.54) is 51.4 Å². The zero-order valence-electron chi connectivity index (χ0n) is 15.4. The average Bonchev–Trinajstić information content (AvgIpc) is 2.51. The molecule has 126 valence electrons. The van der Waals surface area contributed by atoms with Gasteiger partial charge in [0.1, 0.15) is 0 Å². The van der Waals surface area contributed by atoms with Gasteiger partial charge in [-0.3, -0.25) is 9.80 Å². The number of hydrogen-bond donors (Lipinski definition) is 0. The van der Waals surface area contributed by atoms with E-state index in [-0.39, 0.29) is 0 Å². The van der Waals surface area contributed by atoms with Gasteiger partial charge < -0.3 is 0 Å². The molecule has 0 radical (unpaired) electrons. The first-order valence-electron chi connectivity index (χ1n) is 9.22. The molecule has 0 bridgehead atoms. The molecule has 0 spiro atoms. The number of rotatable bonds is 14. The van der Waals surface area contributed by atoms with Crippen LogP contribution in [0.5, 0.6) is 0 Å². The summed E-state index contributed by atoms with van der Waals surface area (Å²) in [5.41, 5.74) is 0. The molecule has 0 aliphatic rings. The van der Waals surface area contributed by atoms with Crippen molar-refractivity contribution in [2.75, 3.05) is 27.2 Å². The summed E-state index contributed by atoms with van der Waals surface area (Å²) < 4.78 is 0. The molecule has 0 heterocycles. The first-order chi connectivity index (χ1) is 10.2. The van der Waals surface area contributed by atoms with Gasteiger partial charge in [0.25, 0.3) is 0 Å². The van der Waals surface area contributed by atoms with Crippen LogP contribution in [0.1, 0.15) is 78.6 Å². The maximum atomic E-state index is 2.43. The van der Waals surface area contributed by atoms with Crippen LogP contribution in [0.25, 0.3) is 0 Å². The molecule has 0 atom stereocenters. The second-order valence-corrected chi connectivity index (χ2v) is 6.24. The molecule has 0 fully saturated rings. The van der Waals surface area contributed by atoms with Gasteiger partial charge in [0.15, 0.2) is 0 Å². The highest BCUT2D eigenvalue weighted by Gasteiger charge is 2.15. The van der Waals surface area contributed by atoms with Gasteiger partial charge >= 0.3 is 0 Å². The van der Waals surface area contributed by atoms with E-state index in [4.69, 9.17) is 0 Å². The molecule has 0 rings (SSSR count). The zero-order chi connectivity index (χ0) is 15.9. The van der Waals surface area contributed by atoms with Gasteiger partial charge in [-0.25, -0.2) is 0 Å². The van der Waals surface area contributed by atoms with Crippen LogP contribution in [-0.2, 0) is 0 Å². The van der Waals surface area contributed by atoms with Gasteiger partial charge in [-0.2, -0.15) is 0 Å². The van der Waals surface area contributed by atoms with E-state index in [2.05, 4.69) is 56.8 Å². The summed E-state index contributed by atoms with van der Waals surface area (Å²) in [5, 5.41) is 0. The third-order valence-corrected chi connectivity index (χ3v) is 4.50. The SMILES string of the molecule is CCCCCCCCCC=CCC(N(C)CC)N(C)CC. The summed E-state index contributed by atoms with van der Waals surface area (Å²) in [6.45, 7) is 8.97. The standard InChI is InChI=1S/C19H40N2/c1-6-9-10-11-12-13-14-15-16-17-18-19(20(4)7-2)21(5)8-3/h16-17,19H,6-15,18H2,1-5H3. The number of allylic oxidation sites excluding steroid dienone is 1.